The van der Waals surface area contributed by atoms with E-state index in [2.05, 4.69) is 24.3 Å². The Balaban J connectivity index is 1.66. The minimum Gasteiger partial charge on any atom is -0.375 e. The zero-order chi connectivity index (χ0) is 13.1. The highest BCUT2D eigenvalue weighted by molar-refractivity contribution is 7.99. The maximum absolute atomic E-state index is 6.40. The molecule has 2 N–H and O–H groups in total. The van der Waals surface area contributed by atoms with Gasteiger partial charge in [0.2, 0.25) is 0 Å². The maximum Gasteiger partial charge on any atom is 0.0816 e. The number of fused-ring (bicyclic) bond motifs is 1. The summed E-state index contributed by atoms with van der Waals surface area (Å²) < 4.78 is 5.82. The van der Waals surface area contributed by atoms with Gasteiger partial charge in [0.05, 0.1) is 12.7 Å². The summed E-state index contributed by atoms with van der Waals surface area (Å²) in [6.07, 6.45) is 5.15. The molecule has 1 aromatic rings. The van der Waals surface area contributed by atoms with E-state index >= 15 is 0 Å². The largest absolute Gasteiger partial charge is 0.375 e. The van der Waals surface area contributed by atoms with Gasteiger partial charge in [-0.2, -0.15) is 11.8 Å². The monoisotopic (exact) mass is 277 g/mol. The second kappa shape index (κ2) is 6.29. The van der Waals surface area contributed by atoms with Crippen LogP contribution < -0.4 is 5.73 Å². The molecule has 3 atom stereocenters. The molecule has 0 radical (unpaired) electrons. The van der Waals surface area contributed by atoms with Crippen molar-refractivity contribution in [1.29, 1.82) is 0 Å². The number of hydrogen-bond acceptors (Lipinski definition) is 3. The Morgan fingerprint density at radius 2 is 2.26 bits per heavy atom. The summed E-state index contributed by atoms with van der Waals surface area (Å²) >= 11 is 1.97. The molecule has 2 nitrogen and oxygen atoms in total. The molecule has 0 saturated carbocycles. The van der Waals surface area contributed by atoms with Gasteiger partial charge in [0.15, 0.2) is 0 Å². The zero-order valence-corrected chi connectivity index (χ0v) is 12.2. The van der Waals surface area contributed by atoms with Crippen molar-refractivity contribution < 1.29 is 4.74 Å². The fourth-order valence-electron chi connectivity index (χ4n) is 3.33. The van der Waals surface area contributed by atoms with Crippen LogP contribution in [0.4, 0.5) is 0 Å². The van der Waals surface area contributed by atoms with Crippen LogP contribution in [-0.4, -0.2) is 30.3 Å². The van der Waals surface area contributed by atoms with Crippen molar-refractivity contribution >= 4 is 11.8 Å². The van der Waals surface area contributed by atoms with Gasteiger partial charge in [-0.1, -0.05) is 24.3 Å². The van der Waals surface area contributed by atoms with E-state index in [-0.39, 0.29) is 12.1 Å². The molecule has 0 aromatic heterocycles. The molecule has 1 saturated heterocycles. The summed E-state index contributed by atoms with van der Waals surface area (Å²) in [5, 5.41) is 0. The predicted molar refractivity (Wildman–Crippen MR) is 81.8 cm³/mol. The van der Waals surface area contributed by atoms with Crippen LogP contribution in [0.15, 0.2) is 24.3 Å². The Kier molecular flexibility index (Phi) is 4.46. The normalized spacial score (nSPS) is 28.7. The number of rotatable bonds is 3. The van der Waals surface area contributed by atoms with E-state index in [0.717, 1.165) is 24.5 Å². The number of nitrogens with two attached hydrogens (primary N) is 1. The Hall–Kier alpha value is -0.510. The summed E-state index contributed by atoms with van der Waals surface area (Å²) in [4.78, 5) is 0. The zero-order valence-electron chi connectivity index (χ0n) is 11.4. The second-order valence-electron chi connectivity index (χ2n) is 5.67. The molecular formula is C16H23NOS. The van der Waals surface area contributed by atoms with E-state index in [1.165, 1.54) is 30.4 Å². The van der Waals surface area contributed by atoms with Gasteiger partial charge in [-0.3, -0.25) is 0 Å². The molecule has 1 fully saturated rings. The summed E-state index contributed by atoms with van der Waals surface area (Å²) in [7, 11) is 0. The van der Waals surface area contributed by atoms with Gasteiger partial charge >= 0.3 is 0 Å². The lowest BCUT2D eigenvalue weighted by molar-refractivity contribution is 0.0529. The number of benzene rings is 1. The Bertz CT molecular complexity index is 417. The van der Waals surface area contributed by atoms with Crippen molar-refractivity contribution in [2.45, 2.75) is 43.7 Å². The average Bonchev–Trinajstić information content (AvgIpc) is 2.48. The van der Waals surface area contributed by atoms with Crippen molar-refractivity contribution in [2.24, 2.45) is 5.73 Å². The fraction of sp³-hybridized carbons (Fsp3) is 0.625. The van der Waals surface area contributed by atoms with E-state index in [1.807, 2.05) is 11.8 Å². The highest BCUT2D eigenvalue weighted by atomic mass is 32.2. The molecule has 1 aliphatic heterocycles. The van der Waals surface area contributed by atoms with Crippen LogP contribution >= 0.6 is 11.8 Å². The quantitative estimate of drug-likeness (QED) is 0.922. The van der Waals surface area contributed by atoms with Gasteiger partial charge in [0.25, 0.3) is 0 Å². The molecule has 0 bridgehead atoms. The van der Waals surface area contributed by atoms with Crippen LogP contribution in [0.3, 0.4) is 0 Å². The third-order valence-electron chi connectivity index (χ3n) is 4.37. The van der Waals surface area contributed by atoms with Crippen LogP contribution in [0.5, 0.6) is 0 Å². The smallest absolute Gasteiger partial charge is 0.0816 e. The van der Waals surface area contributed by atoms with E-state index < -0.39 is 0 Å². The molecule has 1 aliphatic carbocycles. The first-order valence-electron chi connectivity index (χ1n) is 7.37. The van der Waals surface area contributed by atoms with E-state index in [1.54, 1.807) is 0 Å². The first-order chi connectivity index (χ1) is 9.34. The molecule has 3 unspecified atom stereocenters. The highest BCUT2D eigenvalue weighted by Gasteiger charge is 2.27. The third kappa shape index (κ3) is 3.15. The number of thioether (sulfide) groups is 1. The molecule has 104 valence electrons. The van der Waals surface area contributed by atoms with Gasteiger partial charge in [-0.15, -0.1) is 0 Å². The molecule has 3 rings (SSSR count). The SMILES string of the molecule is NC(CC1CCCc2ccccc21)C1CSCCO1. The molecule has 19 heavy (non-hydrogen) atoms. The molecule has 0 amide bonds. The molecule has 0 spiro atoms. The van der Waals surface area contributed by atoms with E-state index in [0.29, 0.717) is 5.92 Å². The van der Waals surface area contributed by atoms with Gasteiger partial charge in [-0.05, 0) is 42.7 Å². The van der Waals surface area contributed by atoms with Crippen LogP contribution in [0.1, 0.15) is 36.3 Å². The summed E-state index contributed by atoms with van der Waals surface area (Å²) in [6, 6.07) is 9.07. The van der Waals surface area contributed by atoms with Crippen molar-refractivity contribution in [3.63, 3.8) is 0 Å². The van der Waals surface area contributed by atoms with Crippen LogP contribution in [0, 0.1) is 0 Å². The lowest BCUT2D eigenvalue weighted by Crippen LogP contribution is -2.42. The number of aryl methyl sites for hydroxylation is 1. The molecule has 1 aromatic carbocycles. The number of hydrogen-bond donors (Lipinski definition) is 1. The van der Waals surface area contributed by atoms with Crippen LogP contribution in [-0.2, 0) is 11.2 Å². The second-order valence-corrected chi connectivity index (χ2v) is 6.82. The molecule has 3 heteroatoms. The third-order valence-corrected chi connectivity index (χ3v) is 5.39. The average molecular weight is 277 g/mol. The van der Waals surface area contributed by atoms with Crippen LogP contribution in [0.25, 0.3) is 0 Å². The van der Waals surface area contributed by atoms with Gasteiger partial charge < -0.3 is 10.5 Å². The van der Waals surface area contributed by atoms with E-state index in [9.17, 15) is 0 Å². The summed E-state index contributed by atoms with van der Waals surface area (Å²) in [5.74, 6) is 2.82. The Labute approximate surface area is 120 Å². The van der Waals surface area contributed by atoms with Gasteiger partial charge in [-0.25, -0.2) is 0 Å². The van der Waals surface area contributed by atoms with Crippen LogP contribution in [0.2, 0.25) is 0 Å². The lowest BCUT2D eigenvalue weighted by atomic mass is 9.79. The predicted octanol–water partition coefficient (Wildman–Crippen LogP) is 2.96. The molecule has 1 heterocycles. The van der Waals surface area contributed by atoms with Crippen molar-refractivity contribution in [2.75, 3.05) is 18.1 Å². The number of ether oxygens (including phenoxy) is 1. The summed E-state index contributed by atoms with van der Waals surface area (Å²) in [6.45, 7) is 0.865. The first-order valence-corrected chi connectivity index (χ1v) is 8.53. The van der Waals surface area contributed by atoms with E-state index in [4.69, 9.17) is 10.5 Å². The minimum absolute atomic E-state index is 0.184. The molecule has 2 aliphatic rings. The molecular weight excluding hydrogens is 254 g/mol. The van der Waals surface area contributed by atoms with Crippen molar-refractivity contribution in [3.05, 3.63) is 35.4 Å². The van der Waals surface area contributed by atoms with Crippen molar-refractivity contribution in [1.82, 2.24) is 0 Å². The van der Waals surface area contributed by atoms with Gasteiger partial charge in [0.1, 0.15) is 0 Å². The topological polar surface area (TPSA) is 35.2 Å². The first kappa shape index (κ1) is 13.5. The van der Waals surface area contributed by atoms with Gasteiger partial charge in [0, 0.05) is 17.5 Å². The Morgan fingerprint density at radius 3 is 3.11 bits per heavy atom. The lowest BCUT2D eigenvalue weighted by Gasteiger charge is -2.32. The highest BCUT2D eigenvalue weighted by Crippen LogP contribution is 2.35. The standard InChI is InChI=1S/C16H23NOS/c17-15(16-11-19-9-8-18-16)10-13-6-3-5-12-4-1-2-7-14(12)13/h1-2,4,7,13,15-16H,3,5-6,8-11,17H2. The summed E-state index contributed by atoms with van der Waals surface area (Å²) in [5.41, 5.74) is 9.47. The maximum atomic E-state index is 6.40. The minimum atomic E-state index is 0.184. The fourth-order valence-corrected chi connectivity index (χ4v) is 4.29. The van der Waals surface area contributed by atoms with Crippen molar-refractivity contribution in [3.8, 4) is 0 Å². The Morgan fingerprint density at radius 1 is 1.37 bits per heavy atom.